The van der Waals surface area contributed by atoms with Crippen LogP contribution in [-0.2, 0) is 4.79 Å². The highest BCUT2D eigenvalue weighted by Crippen LogP contribution is 2.16. The Labute approximate surface area is 99.4 Å². The minimum Gasteiger partial charge on any atom is -0.317 e. The van der Waals surface area contributed by atoms with Gasteiger partial charge >= 0.3 is 0 Å². The number of pyridine rings is 1. The molecule has 0 aromatic carbocycles. The lowest BCUT2D eigenvalue weighted by molar-refractivity contribution is -0.120. The van der Waals surface area contributed by atoms with Crippen molar-refractivity contribution in [2.45, 2.75) is 12.8 Å². The molecule has 16 heavy (non-hydrogen) atoms. The second-order valence-corrected chi connectivity index (χ2v) is 4.31. The smallest absolute Gasteiger partial charge is 0.228 e. The first-order valence-electron chi connectivity index (χ1n) is 5.39. The highest BCUT2D eigenvalue weighted by atomic mass is 35.5. The average Bonchev–Trinajstić information content (AvgIpc) is 2.30. The van der Waals surface area contributed by atoms with E-state index < -0.39 is 0 Å². The molecule has 0 unspecified atom stereocenters. The van der Waals surface area contributed by atoms with E-state index in [2.05, 4.69) is 15.6 Å². The Hall–Kier alpha value is -1.13. The van der Waals surface area contributed by atoms with Crippen molar-refractivity contribution in [1.82, 2.24) is 10.3 Å². The second kappa shape index (κ2) is 5.27. The maximum atomic E-state index is 11.9. The molecule has 0 saturated carbocycles. The molecule has 0 bridgehead atoms. The largest absolute Gasteiger partial charge is 0.317 e. The molecule has 2 rings (SSSR count). The molecule has 2 heterocycles. The lowest BCUT2D eigenvalue weighted by Gasteiger charge is -2.21. The number of hydrogen-bond donors (Lipinski definition) is 2. The Morgan fingerprint density at radius 2 is 2.25 bits per heavy atom. The van der Waals surface area contributed by atoms with Crippen LogP contribution in [0, 0.1) is 5.92 Å². The first-order valence-corrected chi connectivity index (χ1v) is 5.76. The number of hydrogen-bond acceptors (Lipinski definition) is 3. The lowest BCUT2D eigenvalue weighted by Crippen LogP contribution is -2.34. The Morgan fingerprint density at radius 3 is 2.94 bits per heavy atom. The van der Waals surface area contributed by atoms with E-state index in [0.29, 0.717) is 10.8 Å². The van der Waals surface area contributed by atoms with Crippen molar-refractivity contribution in [2.75, 3.05) is 18.4 Å². The highest BCUT2D eigenvalue weighted by Gasteiger charge is 2.20. The average molecular weight is 240 g/mol. The minimum atomic E-state index is 0.0382. The monoisotopic (exact) mass is 239 g/mol. The fourth-order valence-electron chi connectivity index (χ4n) is 1.79. The Balaban J connectivity index is 1.96. The first-order chi connectivity index (χ1) is 7.75. The van der Waals surface area contributed by atoms with E-state index in [9.17, 15) is 4.79 Å². The van der Waals surface area contributed by atoms with Gasteiger partial charge in [0.1, 0.15) is 5.82 Å². The quantitative estimate of drug-likeness (QED) is 0.826. The number of carbonyl (C=O) groups excluding carboxylic acids is 1. The van der Waals surface area contributed by atoms with Crippen LogP contribution >= 0.6 is 11.6 Å². The molecular weight excluding hydrogens is 226 g/mol. The molecule has 1 aliphatic heterocycles. The van der Waals surface area contributed by atoms with Crippen molar-refractivity contribution in [3.8, 4) is 0 Å². The molecule has 0 aliphatic carbocycles. The summed E-state index contributed by atoms with van der Waals surface area (Å²) in [6.07, 6.45) is 3.35. The van der Waals surface area contributed by atoms with Gasteiger partial charge in [0.2, 0.25) is 5.91 Å². The van der Waals surface area contributed by atoms with Crippen molar-refractivity contribution >= 4 is 23.3 Å². The fraction of sp³-hybridized carbons (Fsp3) is 0.455. The summed E-state index contributed by atoms with van der Waals surface area (Å²) in [5, 5.41) is 6.60. The van der Waals surface area contributed by atoms with Gasteiger partial charge in [-0.3, -0.25) is 4.79 Å². The summed E-state index contributed by atoms with van der Waals surface area (Å²) in [6.45, 7) is 1.81. The number of nitrogens with one attached hydrogen (secondary N) is 2. The van der Waals surface area contributed by atoms with Gasteiger partial charge in [0.05, 0.1) is 0 Å². The number of halogens is 1. The SMILES string of the molecule is O=C(Nc1cc(Cl)ccn1)C1CCNCC1. The van der Waals surface area contributed by atoms with Crippen molar-refractivity contribution in [1.29, 1.82) is 0 Å². The van der Waals surface area contributed by atoms with Gasteiger partial charge in [-0.2, -0.15) is 0 Å². The van der Waals surface area contributed by atoms with E-state index in [0.717, 1.165) is 25.9 Å². The number of amides is 1. The zero-order valence-electron chi connectivity index (χ0n) is 8.87. The summed E-state index contributed by atoms with van der Waals surface area (Å²) < 4.78 is 0. The summed E-state index contributed by atoms with van der Waals surface area (Å²) in [7, 11) is 0. The maximum Gasteiger partial charge on any atom is 0.228 e. The normalized spacial score (nSPS) is 17.1. The third-order valence-corrected chi connectivity index (χ3v) is 2.92. The topological polar surface area (TPSA) is 54.0 Å². The highest BCUT2D eigenvalue weighted by molar-refractivity contribution is 6.30. The molecule has 0 radical (unpaired) electrons. The standard InChI is InChI=1S/C11H14ClN3O/c12-9-3-6-14-10(7-9)15-11(16)8-1-4-13-5-2-8/h3,6-8,13H,1-2,4-5H2,(H,14,15,16). The molecule has 5 heteroatoms. The van der Waals surface area contributed by atoms with Gasteiger partial charge in [0, 0.05) is 17.1 Å². The van der Waals surface area contributed by atoms with Gasteiger partial charge in [-0.05, 0) is 38.1 Å². The second-order valence-electron chi connectivity index (χ2n) is 3.87. The van der Waals surface area contributed by atoms with Crippen LogP contribution in [0.15, 0.2) is 18.3 Å². The van der Waals surface area contributed by atoms with Gasteiger partial charge in [0.15, 0.2) is 0 Å². The first kappa shape index (κ1) is 11.4. The van der Waals surface area contributed by atoms with Crippen LogP contribution in [0.25, 0.3) is 0 Å². The van der Waals surface area contributed by atoms with Crippen LogP contribution in [0.2, 0.25) is 5.02 Å². The van der Waals surface area contributed by atoms with Crippen LogP contribution in [0.4, 0.5) is 5.82 Å². The van der Waals surface area contributed by atoms with E-state index in [1.165, 1.54) is 0 Å². The molecule has 1 fully saturated rings. The number of aromatic nitrogens is 1. The van der Waals surface area contributed by atoms with E-state index >= 15 is 0 Å². The Morgan fingerprint density at radius 1 is 1.50 bits per heavy atom. The third kappa shape index (κ3) is 2.93. The zero-order valence-corrected chi connectivity index (χ0v) is 9.63. The molecule has 4 nitrogen and oxygen atoms in total. The predicted molar refractivity (Wildman–Crippen MR) is 63.5 cm³/mol. The molecular formula is C11H14ClN3O. The molecule has 0 atom stereocenters. The fourth-order valence-corrected chi connectivity index (χ4v) is 1.95. The maximum absolute atomic E-state index is 11.9. The van der Waals surface area contributed by atoms with E-state index in [4.69, 9.17) is 11.6 Å². The molecule has 0 spiro atoms. The molecule has 1 aromatic rings. The number of rotatable bonds is 2. The van der Waals surface area contributed by atoms with Crippen LogP contribution in [0.5, 0.6) is 0 Å². The van der Waals surface area contributed by atoms with Gasteiger partial charge < -0.3 is 10.6 Å². The molecule has 2 N–H and O–H groups in total. The van der Waals surface area contributed by atoms with Crippen molar-refractivity contribution < 1.29 is 4.79 Å². The summed E-state index contributed by atoms with van der Waals surface area (Å²) >= 11 is 5.81. The van der Waals surface area contributed by atoms with Crippen LogP contribution in [-0.4, -0.2) is 24.0 Å². The number of anilines is 1. The number of nitrogens with zero attached hydrogens (tertiary/aromatic N) is 1. The van der Waals surface area contributed by atoms with Crippen molar-refractivity contribution in [2.24, 2.45) is 5.92 Å². The summed E-state index contributed by atoms with van der Waals surface area (Å²) in [5.74, 6) is 0.648. The molecule has 1 amide bonds. The summed E-state index contributed by atoms with van der Waals surface area (Å²) in [5.41, 5.74) is 0. The molecule has 1 aromatic heterocycles. The van der Waals surface area contributed by atoms with Gasteiger partial charge in [-0.1, -0.05) is 11.6 Å². The van der Waals surface area contributed by atoms with Gasteiger partial charge in [-0.15, -0.1) is 0 Å². The summed E-state index contributed by atoms with van der Waals surface area (Å²) in [4.78, 5) is 15.9. The van der Waals surface area contributed by atoms with E-state index in [1.807, 2.05) is 0 Å². The molecule has 1 aliphatic rings. The van der Waals surface area contributed by atoms with Gasteiger partial charge in [0.25, 0.3) is 0 Å². The summed E-state index contributed by atoms with van der Waals surface area (Å²) in [6, 6.07) is 3.34. The Kier molecular flexibility index (Phi) is 3.74. The Bertz CT molecular complexity index is 377. The van der Waals surface area contributed by atoms with Crippen LogP contribution in [0.1, 0.15) is 12.8 Å². The minimum absolute atomic E-state index is 0.0382. The molecule has 86 valence electrons. The number of piperidine rings is 1. The van der Waals surface area contributed by atoms with Crippen LogP contribution in [0.3, 0.4) is 0 Å². The van der Waals surface area contributed by atoms with Crippen molar-refractivity contribution in [3.05, 3.63) is 23.4 Å². The molecule has 1 saturated heterocycles. The number of carbonyl (C=O) groups is 1. The van der Waals surface area contributed by atoms with Gasteiger partial charge in [-0.25, -0.2) is 4.98 Å². The third-order valence-electron chi connectivity index (χ3n) is 2.68. The predicted octanol–water partition coefficient (Wildman–Crippen LogP) is 1.67. The lowest BCUT2D eigenvalue weighted by atomic mass is 9.97. The van der Waals surface area contributed by atoms with E-state index in [-0.39, 0.29) is 11.8 Å². The zero-order chi connectivity index (χ0) is 11.4. The van der Waals surface area contributed by atoms with E-state index in [1.54, 1.807) is 18.3 Å². The van der Waals surface area contributed by atoms with Crippen LogP contribution < -0.4 is 10.6 Å². The van der Waals surface area contributed by atoms with Crippen molar-refractivity contribution in [3.63, 3.8) is 0 Å².